The molecule has 0 bridgehead atoms. The second-order valence-electron chi connectivity index (χ2n) is 4.46. The van der Waals surface area contributed by atoms with Crippen molar-refractivity contribution in [2.45, 2.75) is 0 Å². The minimum absolute atomic E-state index is 0.165. The predicted octanol–water partition coefficient (Wildman–Crippen LogP) is 2.75. The van der Waals surface area contributed by atoms with Crippen LogP contribution in [0.5, 0.6) is 11.5 Å². The van der Waals surface area contributed by atoms with Crippen LogP contribution in [0.15, 0.2) is 21.5 Å². The molecule has 6 nitrogen and oxygen atoms in total. The van der Waals surface area contributed by atoms with Crippen LogP contribution in [-0.2, 0) is 9.59 Å². The van der Waals surface area contributed by atoms with Crippen LogP contribution in [0.1, 0.15) is 5.56 Å². The minimum Gasteiger partial charge on any atom is -0.493 e. The molecule has 122 valence electrons. The van der Waals surface area contributed by atoms with E-state index in [-0.39, 0.29) is 11.7 Å². The van der Waals surface area contributed by atoms with Gasteiger partial charge in [0.25, 0.3) is 5.91 Å². The third-order valence-electron chi connectivity index (χ3n) is 2.88. The maximum absolute atomic E-state index is 12.0. The van der Waals surface area contributed by atoms with Gasteiger partial charge in [0.2, 0.25) is 0 Å². The topological polar surface area (TPSA) is 76.1 Å². The molecule has 1 fully saturated rings. The maximum Gasteiger partial charge on any atom is 0.341 e. The Labute approximate surface area is 150 Å². The van der Waals surface area contributed by atoms with Crippen LogP contribution in [0, 0.1) is 0 Å². The van der Waals surface area contributed by atoms with Crippen LogP contribution in [0.2, 0.25) is 0 Å². The molecule has 1 aromatic carbocycles. The van der Waals surface area contributed by atoms with Gasteiger partial charge in [0.15, 0.2) is 18.1 Å². The molecule has 1 aromatic rings. The first-order valence-corrected chi connectivity index (χ1v) is 8.29. The van der Waals surface area contributed by atoms with Crippen LogP contribution in [0.3, 0.4) is 0 Å². The van der Waals surface area contributed by atoms with E-state index in [4.69, 9.17) is 26.8 Å². The second-order valence-corrected chi connectivity index (χ2v) is 6.99. The van der Waals surface area contributed by atoms with E-state index in [2.05, 4.69) is 15.9 Å². The van der Waals surface area contributed by atoms with E-state index in [9.17, 15) is 9.59 Å². The molecule has 23 heavy (non-hydrogen) atoms. The van der Waals surface area contributed by atoms with E-state index in [0.717, 1.165) is 0 Å². The van der Waals surface area contributed by atoms with Crippen molar-refractivity contribution in [3.05, 3.63) is 27.1 Å². The van der Waals surface area contributed by atoms with Gasteiger partial charge in [0.1, 0.15) is 4.32 Å². The molecule has 2 rings (SSSR count). The summed E-state index contributed by atoms with van der Waals surface area (Å²) in [6.07, 6.45) is 1.69. The number of carboxylic acid groups (broad SMARTS) is 1. The van der Waals surface area contributed by atoms with Gasteiger partial charge in [-0.05, 0) is 39.7 Å². The fraction of sp³-hybridized carbons (Fsp3) is 0.214. The Morgan fingerprint density at radius 1 is 1.52 bits per heavy atom. The number of amides is 1. The molecular formula is C14H12BrNO5S2. The number of hydrogen-bond donors (Lipinski definition) is 1. The molecule has 0 atom stereocenters. The number of halogens is 1. The molecule has 1 saturated heterocycles. The SMILES string of the molecule is COc1cc(/C=C2\SC(=S)N(C)C2=O)cc(Br)c1OCC(=O)O. The number of benzene rings is 1. The van der Waals surface area contributed by atoms with Crippen molar-refractivity contribution in [1.29, 1.82) is 0 Å². The summed E-state index contributed by atoms with van der Waals surface area (Å²) in [4.78, 5) is 24.6. The number of carbonyl (C=O) groups excluding carboxylic acids is 1. The maximum atomic E-state index is 12.0. The average molecular weight is 418 g/mol. The van der Waals surface area contributed by atoms with Crippen molar-refractivity contribution < 1.29 is 24.2 Å². The molecule has 1 heterocycles. The van der Waals surface area contributed by atoms with Crippen molar-refractivity contribution in [2.75, 3.05) is 20.8 Å². The van der Waals surface area contributed by atoms with Crippen LogP contribution in [-0.4, -0.2) is 47.0 Å². The third-order valence-corrected chi connectivity index (χ3v) is 4.95. The van der Waals surface area contributed by atoms with Gasteiger partial charge in [-0.1, -0.05) is 24.0 Å². The van der Waals surface area contributed by atoms with Crippen molar-refractivity contribution in [3.63, 3.8) is 0 Å². The molecule has 0 saturated carbocycles. The molecular weight excluding hydrogens is 406 g/mol. The van der Waals surface area contributed by atoms with E-state index in [1.54, 1.807) is 25.3 Å². The molecule has 1 N–H and O–H groups in total. The smallest absolute Gasteiger partial charge is 0.341 e. The van der Waals surface area contributed by atoms with Crippen molar-refractivity contribution in [3.8, 4) is 11.5 Å². The highest BCUT2D eigenvalue weighted by Gasteiger charge is 2.28. The summed E-state index contributed by atoms with van der Waals surface area (Å²) in [6.45, 7) is -0.483. The summed E-state index contributed by atoms with van der Waals surface area (Å²) >= 11 is 9.62. The zero-order valence-electron chi connectivity index (χ0n) is 12.2. The van der Waals surface area contributed by atoms with Gasteiger partial charge in [-0.3, -0.25) is 9.69 Å². The number of carbonyl (C=O) groups is 2. The number of thiocarbonyl (C=S) groups is 1. The quantitative estimate of drug-likeness (QED) is 0.582. The normalized spacial score (nSPS) is 16.1. The monoisotopic (exact) mass is 417 g/mol. The van der Waals surface area contributed by atoms with Crippen LogP contribution < -0.4 is 9.47 Å². The van der Waals surface area contributed by atoms with E-state index >= 15 is 0 Å². The number of nitrogens with zero attached hydrogens (tertiary/aromatic N) is 1. The van der Waals surface area contributed by atoms with Crippen LogP contribution >= 0.6 is 39.9 Å². The lowest BCUT2D eigenvalue weighted by atomic mass is 10.2. The standard InChI is InChI=1S/C14H12BrNO5S2/c1-16-13(19)10(23-14(16)22)5-7-3-8(15)12(9(4-7)20-2)21-6-11(17)18/h3-5H,6H2,1-2H3,(H,17,18)/b10-5-. The molecule has 1 aliphatic heterocycles. The number of likely N-dealkylation sites (N-methyl/N-ethyl adjacent to an activating group) is 1. The van der Waals surface area contributed by atoms with Crippen molar-refractivity contribution in [2.24, 2.45) is 0 Å². The number of carboxylic acids is 1. The minimum atomic E-state index is -1.09. The Bertz CT molecular complexity index is 719. The van der Waals surface area contributed by atoms with Crippen LogP contribution in [0.25, 0.3) is 6.08 Å². The molecule has 0 aliphatic carbocycles. The Kier molecular flexibility index (Phi) is 5.66. The predicted molar refractivity (Wildman–Crippen MR) is 94.8 cm³/mol. The zero-order chi connectivity index (χ0) is 17.1. The Morgan fingerprint density at radius 3 is 2.74 bits per heavy atom. The average Bonchev–Trinajstić information content (AvgIpc) is 2.72. The zero-order valence-corrected chi connectivity index (χ0v) is 15.4. The van der Waals surface area contributed by atoms with Crippen LogP contribution in [0.4, 0.5) is 0 Å². The van der Waals surface area contributed by atoms with Gasteiger partial charge in [-0.15, -0.1) is 0 Å². The lowest BCUT2D eigenvalue weighted by Crippen LogP contribution is -2.22. The Morgan fingerprint density at radius 2 is 2.22 bits per heavy atom. The summed E-state index contributed by atoms with van der Waals surface area (Å²) in [5.74, 6) is -0.607. The molecule has 1 aliphatic rings. The second kappa shape index (κ2) is 7.33. The van der Waals surface area contributed by atoms with E-state index in [0.29, 0.717) is 25.0 Å². The number of methoxy groups -OCH3 is 1. The fourth-order valence-electron chi connectivity index (χ4n) is 1.79. The molecule has 0 aromatic heterocycles. The van der Waals surface area contributed by atoms with Gasteiger partial charge in [-0.2, -0.15) is 0 Å². The lowest BCUT2D eigenvalue weighted by Gasteiger charge is -2.12. The number of rotatable bonds is 5. The first kappa shape index (κ1) is 17.8. The highest BCUT2D eigenvalue weighted by atomic mass is 79.9. The van der Waals surface area contributed by atoms with Crippen molar-refractivity contribution >= 4 is 62.2 Å². The fourth-order valence-corrected chi connectivity index (χ4v) is 3.55. The van der Waals surface area contributed by atoms with E-state index in [1.807, 2.05) is 0 Å². The summed E-state index contributed by atoms with van der Waals surface area (Å²) in [7, 11) is 3.07. The Balaban J connectivity index is 2.35. The van der Waals surface area contributed by atoms with Gasteiger partial charge < -0.3 is 14.6 Å². The Hall–Kier alpha value is -1.58. The molecule has 0 radical (unpaired) electrons. The number of ether oxygens (including phenoxy) is 2. The van der Waals surface area contributed by atoms with E-state index < -0.39 is 12.6 Å². The first-order valence-electron chi connectivity index (χ1n) is 6.27. The molecule has 1 amide bonds. The summed E-state index contributed by atoms with van der Waals surface area (Å²) in [6, 6.07) is 3.37. The number of hydrogen-bond acceptors (Lipinski definition) is 6. The first-order chi connectivity index (χ1) is 10.8. The molecule has 9 heteroatoms. The summed E-state index contributed by atoms with van der Waals surface area (Å²) < 4.78 is 11.5. The number of thioether (sulfide) groups is 1. The largest absolute Gasteiger partial charge is 0.493 e. The number of aliphatic carboxylic acids is 1. The van der Waals surface area contributed by atoms with E-state index in [1.165, 1.54) is 23.8 Å². The van der Waals surface area contributed by atoms with Gasteiger partial charge in [0.05, 0.1) is 16.5 Å². The van der Waals surface area contributed by atoms with Crippen molar-refractivity contribution in [1.82, 2.24) is 4.90 Å². The summed E-state index contributed by atoms with van der Waals surface area (Å²) in [5, 5.41) is 8.70. The highest BCUT2D eigenvalue weighted by molar-refractivity contribution is 9.10. The molecule has 0 spiro atoms. The van der Waals surface area contributed by atoms with Gasteiger partial charge >= 0.3 is 5.97 Å². The highest BCUT2D eigenvalue weighted by Crippen LogP contribution is 2.38. The van der Waals surface area contributed by atoms with Gasteiger partial charge in [0, 0.05) is 7.05 Å². The third kappa shape index (κ3) is 4.04. The van der Waals surface area contributed by atoms with Gasteiger partial charge in [-0.25, -0.2) is 4.79 Å². The molecule has 0 unspecified atom stereocenters. The summed E-state index contributed by atoms with van der Waals surface area (Å²) in [5.41, 5.74) is 0.699. The lowest BCUT2D eigenvalue weighted by molar-refractivity contribution is -0.139.